The first-order valence-corrected chi connectivity index (χ1v) is 6.13. The Kier molecular flexibility index (Phi) is 3.67. The Hall–Kier alpha value is -2.13. The van der Waals surface area contributed by atoms with Crippen molar-refractivity contribution in [3.8, 4) is 6.07 Å². The molecular formula is C13H9BrFN3O. The van der Waals surface area contributed by atoms with Crippen molar-refractivity contribution in [3.63, 3.8) is 0 Å². The summed E-state index contributed by atoms with van der Waals surface area (Å²) >= 11 is 3.11. The Morgan fingerprint density at radius 3 is 2.74 bits per heavy atom. The fourth-order valence-corrected chi connectivity index (χ4v) is 2.22. The number of nitrogen functional groups attached to an aromatic ring is 1. The van der Waals surface area contributed by atoms with Crippen molar-refractivity contribution in [2.45, 2.75) is 6.54 Å². The van der Waals surface area contributed by atoms with E-state index in [2.05, 4.69) is 15.9 Å². The van der Waals surface area contributed by atoms with Gasteiger partial charge in [0.15, 0.2) is 0 Å². The number of hydrogen-bond donors (Lipinski definition) is 1. The molecule has 0 fully saturated rings. The first kappa shape index (κ1) is 13.3. The van der Waals surface area contributed by atoms with Crippen LogP contribution in [-0.2, 0) is 6.54 Å². The van der Waals surface area contributed by atoms with Crippen LogP contribution in [0.2, 0.25) is 0 Å². The predicted molar refractivity (Wildman–Crippen MR) is 73.0 cm³/mol. The summed E-state index contributed by atoms with van der Waals surface area (Å²) < 4.78 is 15.3. The number of halogens is 2. The van der Waals surface area contributed by atoms with Gasteiger partial charge in [-0.1, -0.05) is 0 Å². The van der Waals surface area contributed by atoms with E-state index in [1.54, 1.807) is 16.8 Å². The van der Waals surface area contributed by atoms with Crippen molar-refractivity contribution < 1.29 is 4.39 Å². The number of pyridine rings is 1. The minimum Gasteiger partial charge on any atom is -0.394 e. The Labute approximate surface area is 117 Å². The number of aromatic nitrogens is 1. The summed E-state index contributed by atoms with van der Waals surface area (Å²) in [5.74, 6) is -0.470. The van der Waals surface area contributed by atoms with Gasteiger partial charge in [0.25, 0.3) is 0 Å². The molecule has 0 saturated carbocycles. The molecule has 0 spiro atoms. The minimum atomic E-state index is -0.470. The molecule has 6 heteroatoms. The summed E-state index contributed by atoms with van der Waals surface area (Å²) in [6.07, 6.45) is 3.04. The first-order chi connectivity index (χ1) is 8.99. The Balaban J connectivity index is 2.39. The van der Waals surface area contributed by atoms with Crippen LogP contribution in [-0.4, -0.2) is 4.57 Å². The molecule has 0 amide bonds. The van der Waals surface area contributed by atoms with E-state index in [0.29, 0.717) is 16.6 Å². The van der Waals surface area contributed by atoms with Gasteiger partial charge in [0.2, 0.25) is 5.43 Å². The van der Waals surface area contributed by atoms with E-state index >= 15 is 0 Å². The molecule has 0 aliphatic rings. The van der Waals surface area contributed by atoms with Crippen LogP contribution in [0.1, 0.15) is 11.1 Å². The Bertz CT molecular complexity index is 707. The van der Waals surface area contributed by atoms with E-state index in [4.69, 9.17) is 11.0 Å². The number of rotatable bonds is 2. The average molecular weight is 322 g/mol. The SMILES string of the molecule is N#Cc1cc(F)cc(Cn2cc(N)c(=O)c(Br)c2)c1. The molecule has 1 aromatic heterocycles. The summed E-state index contributed by atoms with van der Waals surface area (Å²) in [5, 5.41) is 8.78. The first-order valence-electron chi connectivity index (χ1n) is 5.34. The van der Waals surface area contributed by atoms with E-state index in [1.807, 2.05) is 6.07 Å². The lowest BCUT2D eigenvalue weighted by Gasteiger charge is -2.09. The van der Waals surface area contributed by atoms with Crippen LogP contribution in [0.4, 0.5) is 10.1 Å². The molecule has 1 aromatic carbocycles. The van der Waals surface area contributed by atoms with Crippen LogP contribution in [0.25, 0.3) is 0 Å². The van der Waals surface area contributed by atoms with Gasteiger partial charge in [0, 0.05) is 18.9 Å². The third-order valence-corrected chi connectivity index (χ3v) is 3.08. The zero-order valence-electron chi connectivity index (χ0n) is 9.73. The third kappa shape index (κ3) is 3.01. The maximum Gasteiger partial charge on any atom is 0.218 e. The average Bonchev–Trinajstić information content (AvgIpc) is 2.35. The lowest BCUT2D eigenvalue weighted by Crippen LogP contribution is -2.13. The zero-order chi connectivity index (χ0) is 14.0. The van der Waals surface area contributed by atoms with Gasteiger partial charge in [-0.2, -0.15) is 5.26 Å². The maximum absolute atomic E-state index is 13.3. The van der Waals surface area contributed by atoms with Gasteiger partial charge in [0.1, 0.15) is 5.82 Å². The summed E-state index contributed by atoms with van der Waals surface area (Å²) in [6, 6.07) is 5.98. The number of benzene rings is 1. The van der Waals surface area contributed by atoms with E-state index in [0.717, 1.165) is 0 Å². The van der Waals surface area contributed by atoms with Gasteiger partial charge in [-0.3, -0.25) is 4.79 Å². The minimum absolute atomic E-state index is 0.103. The largest absolute Gasteiger partial charge is 0.394 e. The van der Waals surface area contributed by atoms with Gasteiger partial charge in [-0.15, -0.1) is 0 Å². The highest BCUT2D eigenvalue weighted by atomic mass is 79.9. The maximum atomic E-state index is 13.3. The summed E-state index contributed by atoms with van der Waals surface area (Å²) in [6.45, 7) is 0.315. The molecule has 19 heavy (non-hydrogen) atoms. The quantitative estimate of drug-likeness (QED) is 0.922. The molecular weight excluding hydrogens is 313 g/mol. The Morgan fingerprint density at radius 2 is 2.11 bits per heavy atom. The van der Waals surface area contributed by atoms with E-state index in [9.17, 15) is 9.18 Å². The normalized spacial score (nSPS) is 10.2. The van der Waals surface area contributed by atoms with Crippen LogP contribution in [0.5, 0.6) is 0 Å². The van der Waals surface area contributed by atoms with Crippen LogP contribution in [0.15, 0.2) is 39.9 Å². The molecule has 2 N–H and O–H groups in total. The molecule has 0 atom stereocenters. The molecule has 0 bridgehead atoms. The fourth-order valence-electron chi connectivity index (χ4n) is 1.72. The molecule has 0 unspecified atom stereocenters. The topological polar surface area (TPSA) is 71.8 Å². The molecule has 0 aliphatic carbocycles. The van der Waals surface area contributed by atoms with Crippen LogP contribution < -0.4 is 11.2 Å². The highest BCUT2D eigenvalue weighted by molar-refractivity contribution is 9.10. The van der Waals surface area contributed by atoms with Crippen molar-refractivity contribution in [1.29, 1.82) is 5.26 Å². The number of hydrogen-bond acceptors (Lipinski definition) is 3. The van der Waals surface area contributed by atoms with Crippen molar-refractivity contribution in [3.05, 3.63) is 62.2 Å². The van der Waals surface area contributed by atoms with Crippen molar-refractivity contribution >= 4 is 21.6 Å². The second-order valence-electron chi connectivity index (χ2n) is 4.02. The van der Waals surface area contributed by atoms with Crippen molar-refractivity contribution in [2.24, 2.45) is 0 Å². The lowest BCUT2D eigenvalue weighted by atomic mass is 10.1. The second kappa shape index (κ2) is 5.24. The number of nitrogens with zero attached hydrogens (tertiary/aromatic N) is 2. The van der Waals surface area contributed by atoms with Gasteiger partial charge in [-0.25, -0.2) is 4.39 Å². The molecule has 4 nitrogen and oxygen atoms in total. The van der Waals surface area contributed by atoms with Gasteiger partial charge in [0.05, 0.1) is 21.8 Å². The monoisotopic (exact) mass is 321 g/mol. The number of nitriles is 1. The molecule has 1 heterocycles. The molecule has 96 valence electrons. The molecule has 0 aliphatic heterocycles. The summed E-state index contributed by atoms with van der Waals surface area (Å²) in [5.41, 5.74) is 6.26. The second-order valence-corrected chi connectivity index (χ2v) is 4.88. The third-order valence-electron chi connectivity index (χ3n) is 2.51. The summed E-state index contributed by atoms with van der Waals surface area (Å²) in [7, 11) is 0. The summed E-state index contributed by atoms with van der Waals surface area (Å²) in [4.78, 5) is 11.4. The highest BCUT2D eigenvalue weighted by Crippen LogP contribution is 2.12. The van der Waals surface area contributed by atoms with Crippen molar-refractivity contribution in [1.82, 2.24) is 4.57 Å². The van der Waals surface area contributed by atoms with Crippen LogP contribution in [0.3, 0.4) is 0 Å². The number of anilines is 1. The molecule has 0 saturated heterocycles. The van der Waals surface area contributed by atoms with E-state index < -0.39 is 5.82 Å². The Morgan fingerprint density at radius 1 is 1.37 bits per heavy atom. The van der Waals surface area contributed by atoms with Crippen molar-refractivity contribution in [2.75, 3.05) is 5.73 Å². The molecule has 0 radical (unpaired) electrons. The molecule has 2 aromatic rings. The van der Waals surface area contributed by atoms with Gasteiger partial charge in [-0.05, 0) is 39.7 Å². The van der Waals surface area contributed by atoms with E-state index in [-0.39, 0.29) is 16.7 Å². The highest BCUT2D eigenvalue weighted by Gasteiger charge is 2.05. The standard InChI is InChI=1S/C13H9BrFN3O/c14-11-6-18(7-12(17)13(11)19)5-9-1-8(4-16)2-10(15)3-9/h1-3,6-7H,5,17H2. The number of nitrogens with two attached hydrogens (primary N) is 1. The van der Waals surface area contributed by atoms with E-state index in [1.165, 1.54) is 18.3 Å². The van der Waals surface area contributed by atoms with Gasteiger partial charge < -0.3 is 10.3 Å². The van der Waals surface area contributed by atoms with Gasteiger partial charge >= 0.3 is 0 Å². The predicted octanol–water partition coefficient (Wildman–Crippen LogP) is 2.25. The van der Waals surface area contributed by atoms with Crippen LogP contribution in [0, 0.1) is 17.1 Å². The molecule has 2 rings (SSSR count). The lowest BCUT2D eigenvalue weighted by molar-refractivity contribution is 0.623. The zero-order valence-corrected chi connectivity index (χ0v) is 11.3. The fraction of sp³-hybridized carbons (Fsp3) is 0.0769. The van der Waals surface area contributed by atoms with Crippen LogP contribution >= 0.6 is 15.9 Å². The smallest absolute Gasteiger partial charge is 0.218 e.